The summed E-state index contributed by atoms with van der Waals surface area (Å²) in [6.07, 6.45) is 1.49. The third kappa shape index (κ3) is 3.48. The molecule has 23 heavy (non-hydrogen) atoms. The van der Waals surface area contributed by atoms with Crippen LogP contribution in [0, 0.1) is 6.92 Å². The molecule has 0 saturated carbocycles. The Morgan fingerprint density at radius 3 is 2.78 bits per heavy atom. The summed E-state index contributed by atoms with van der Waals surface area (Å²) >= 11 is 0.0966. The Balaban J connectivity index is 1.93. The van der Waals surface area contributed by atoms with Crippen LogP contribution in [0.5, 0.6) is 0 Å². The van der Waals surface area contributed by atoms with E-state index < -0.39 is 11.9 Å². The predicted molar refractivity (Wildman–Crippen MR) is 87.3 cm³/mol. The minimum atomic E-state index is -0.474. The molecular weight excluding hydrogens is 363 g/mol. The van der Waals surface area contributed by atoms with E-state index in [0.29, 0.717) is 12.0 Å². The minimum absolute atomic E-state index is 0.0744. The fourth-order valence-electron chi connectivity index (χ4n) is 2.63. The normalized spacial score (nSPS) is 24.0. The maximum absolute atomic E-state index is 12.1. The number of benzene rings is 1. The van der Waals surface area contributed by atoms with Gasteiger partial charge in [-0.3, -0.25) is 0 Å². The van der Waals surface area contributed by atoms with Crippen LogP contribution in [0.2, 0.25) is 4.82 Å². The van der Waals surface area contributed by atoms with E-state index in [1.807, 2.05) is 18.2 Å². The molecule has 1 aliphatic heterocycles. The molecule has 2 heterocycles. The van der Waals surface area contributed by atoms with Gasteiger partial charge in [0.2, 0.25) is 0 Å². The summed E-state index contributed by atoms with van der Waals surface area (Å²) in [5, 5.41) is 9.42. The van der Waals surface area contributed by atoms with E-state index in [1.165, 1.54) is 9.03 Å². The van der Waals surface area contributed by atoms with Crippen molar-refractivity contribution in [2.75, 3.05) is 6.61 Å². The number of hydrogen-bond acceptors (Lipinski definition) is 4. The van der Waals surface area contributed by atoms with Crippen LogP contribution in [-0.2, 0) is 4.74 Å². The zero-order chi connectivity index (χ0) is 16.4. The molecule has 122 valence electrons. The first-order chi connectivity index (χ1) is 11.1. The summed E-state index contributed by atoms with van der Waals surface area (Å²) in [7, 11) is 0. The zero-order valence-corrected chi connectivity index (χ0v) is 14.4. The van der Waals surface area contributed by atoms with Gasteiger partial charge in [-0.05, 0) is 0 Å². The van der Waals surface area contributed by atoms with Gasteiger partial charge in [0, 0.05) is 0 Å². The Morgan fingerprint density at radius 2 is 2.09 bits per heavy atom. The van der Waals surface area contributed by atoms with E-state index in [0.717, 1.165) is 0 Å². The van der Waals surface area contributed by atoms with Crippen molar-refractivity contribution in [1.29, 1.82) is 0 Å². The van der Waals surface area contributed by atoms with E-state index in [-0.39, 0.29) is 38.0 Å². The molecule has 0 unspecified atom stereocenters. The number of aliphatic hydroxyl groups excluding tert-OH is 1. The summed E-state index contributed by atoms with van der Waals surface area (Å²) in [5.41, 5.74) is -0.391. The molecule has 6 nitrogen and oxygen atoms in total. The molecule has 0 bridgehead atoms. The number of nitrogens with one attached hydrogen (secondary N) is 1. The first kappa shape index (κ1) is 16.2. The average molecular weight is 381 g/mol. The number of rotatable bonds is 4. The van der Waals surface area contributed by atoms with Gasteiger partial charge in [0.25, 0.3) is 0 Å². The molecule has 0 radical (unpaired) electrons. The van der Waals surface area contributed by atoms with Gasteiger partial charge < -0.3 is 0 Å². The standard InChI is InChI=1S/C16H18N2O4Se/c1-10-8-18(16(21)17-14(10)20)15-13(7-11(9-19)22-15)23-12-5-3-2-4-6-12/h2-6,8,11,13,15,19H,7,9H2,1H3,(H,17,20,21)/t11-,13+,15-/m0/s1. The summed E-state index contributed by atoms with van der Waals surface area (Å²) < 4.78 is 8.52. The zero-order valence-electron chi connectivity index (χ0n) is 12.6. The van der Waals surface area contributed by atoms with Crippen molar-refractivity contribution in [1.82, 2.24) is 9.55 Å². The van der Waals surface area contributed by atoms with Crippen molar-refractivity contribution < 1.29 is 9.84 Å². The fourth-order valence-corrected chi connectivity index (χ4v) is 5.33. The van der Waals surface area contributed by atoms with Crippen LogP contribution in [0.4, 0.5) is 0 Å². The maximum atomic E-state index is 12.1. The van der Waals surface area contributed by atoms with Gasteiger partial charge in [-0.15, -0.1) is 0 Å². The van der Waals surface area contributed by atoms with Crippen molar-refractivity contribution in [3.8, 4) is 0 Å². The van der Waals surface area contributed by atoms with Crippen LogP contribution >= 0.6 is 0 Å². The van der Waals surface area contributed by atoms with Gasteiger partial charge in [0.05, 0.1) is 0 Å². The van der Waals surface area contributed by atoms with E-state index >= 15 is 0 Å². The first-order valence-corrected chi connectivity index (χ1v) is 9.23. The molecule has 3 rings (SSSR count). The number of nitrogens with zero attached hydrogens (tertiary/aromatic N) is 1. The van der Waals surface area contributed by atoms with Crippen molar-refractivity contribution >= 4 is 19.4 Å². The number of H-pyrrole nitrogens is 1. The molecule has 0 aliphatic carbocycles. The molecule has 1 aromatic carbocycles. The van der Waals surface area contributed by atoms with Crippen molar-refractivity contribution in [2.45, 2.75) is 30.5 Å². The fraction of sp³-hybridized carbons (Fsp3) is 0.375. The monoisotopic (exact) mass is 382 g/mol. The van der Waals surface area contributed by atoms with Crippen molar-refractivity contribution in [2.24, 2.45) is 0 Å². The summed E-state index contributed by atoms with van der Waals surface area (Å²) in [4.78, 5) is 26.1. The van der Waals surface area contributed by atoms with Crippen LogP contribution in [0.15, 0.2) is 46.1 Å². The second-order valence-electron chi connectivity index (χ2n) is 5.51. The number of aryl methyl sites for hydroxylation is 1. The number of aromatic nitrogens is 2. The summed E-state index contributed by atoms with van der Waals surface area (Å²) in [6.45, 7) is 1.58. The molecule has 1 aliphatic rings. The molecular formula is C16H18N2O4Se. The third-order valence-corrected chi connectivity index (χ3v) is 6.47. The van der Waals surface area contributed by atoms with Crippen molar-refractivity contribution in [3.05, 3.63) is 62.9 Å². The van der Waals surface area contributed by atoms with E-state index in [2.05, 4.69) is 17.1 Å². The van der Waals surface area contributed by atoms with Crippen LogP contribution in [-0.4, -0.2) is 42.3 Å². The Morgan fingerprint density at radius 1 is 1.35 bits per heavy atom. The topological polar surface area (TPSA) is 84.3 Å². The average Bonchev–Trinajstić information content (AvgIpc) is 2.95. The quantitative estimate of drug-likeness (QED) is 0.727. The molecule has 0 spiro atoms. The van der Waals surface area contributed by atoms with Gasteiger partial charge in [-0.2, -0.15) is 0 Å². The van der Waals surface area contributed by atoms with Gasteiger partial charge in [0.15, 0.2) is 0 Å². The SMILES string of the molecule is Cc1cn([C@H]2O[C@H](CO)C[C@H]2[Se]c2ccccc2)c(=O)[nH]c1=O. The second-order valence-corrected chi connectivity index (χ2v) is 8.27. The molecule has 2 aromatic rings. The third-order valence-electron chi connectivity index (χ3n) is 3.80. The van der Waals surface area contributed by atoms with E-state index in [1.54, 1.807) is 13.1 Å². The Hall–Kier alpha value is -1.66. The van der Waals surface area contributed by atoms with Crippen LogP contribution < -0.4 is 15.7 Å². The number of ether oxygens (including phenoxy) is 1. The molecule has 1 saturated heterocycles. The van der Waals surface area contributed by atoms with Crippen LogP contribution in [0.25, 0.3) is 0 Å². The van der Waals surface area contributed by atoms with Gasteiger partial charge in [0.1, 0.15) is 0 Å². The van der Waals surface area contributed by atoms with Gasteiger partial charge in [-0.1, -0.05) is 0 Å². The molecule has 7 heteroatoms. The Kier molecular flexibility index (Phi) is 4.82. The number of aliphatic hydroxyl groups is 1. The van der Waals surface area contributed by atoms with Crippen LogP contribution in [0.3, 0.4) is 0 Å². The van der Waals surface area contributed by atoms with Crippen LogP contribution in [0.1, 0.15) is 18.2 Å². The molecule has 1 fully saturated rings. The molecule has 2 N–H and O–H groups in total. The van der Waals surface area contributed by atoms with Crippen molar-refractivity contribution in [3.63, 3.8) is 0 Å². The summed E-state index contributed by atoms with van der Waals surface area (Å²) in [5.74, 6) is 0. The predicted octanol–water partition coefficient (Wildman–Crippen LogP) is -0.0570. The van der Waals surface area contributed by atoms with E-state index in [9.17, 15) is 14.7 Å². The number of aromatic amines is 1. The second kappa shape index (κ2) is 6.84. The molecule has 3 atom stereocenters. The van der Waals surface area contributed by atoms with E-state index in [4.69, 9.17) is 4.74 Å². The Labute approximate surface area is 139 Å². The Bertz CT molecular complexity index is 787. The van der Waals surface area contributed by atoms with Gasteiger partial charge >= 0.3 is 139 Å². The number of hydrogen-bond donors (Lipinski definition) is 2. The summed E-state index contributed by atoms with van der Waals surface area (Å²) in [6, 6.07) is 10.1. The first-order valence-electron chi connectivity index (χ1n) is 7.38. The van der Waals surface area contributed by atoms with Gasteiger partial charge in [-0.25, -0.2) is 0 Å². The molecule has 0 amide bonds. The molecule has 1 aromatic heterocycles.